The first-order valence-electron chi connectivity index (χ1n) is 7.30. The molecule has 0 aliphatic rings. The summed E-state index contributed by atoms with van der Waals surface area (Å²) in [6, 6.07) is 15.2. The molecule has 0 unspecified atom stereocenters. The maximum atomic E-state index is 12.4. The van der Waals surface area contributed by atoms with E-state index >= 15 is 0 Å². The van der Waals surface area contributed by atoms with Gasteiger partial charge in [0.1, 0.15) is 16.4 Å². The number of nitrogens with zero attached hydrogens (tertiary/aromatic N) is 2. The Hall–Kier alpha value is -2.66. The second-order valence-electron chi connectivity index (χ2n) is 5.50. The normalized spacial score (nSPS) is 11.3. The summed E-state index contributed by atoms with van der Waals surface area (Å²) in [6.45, 7) is 2.51. The lowest BCUT2D eigenvalue weighted by atomic mass is 10.2. The zero-order chi connectivity index (χ0) is 16.0. The lowest BCUT2D eigenvalue weighted by Crippen LogP contribution is -2.16. The highest BCUT2D eigenvalue weighted by molar-refractivity contribution is 7.25. The lowest BCUT2D eigenvalue weighted by Gasteiger charge is -2.11. The molecule has 0 atom stereocenters. The molecule has 114 valence electrons. The Balaban J connectivity index is 2.03. The van der Waals surface area contributed by atoms with Crippen LogP contribution < -0.4 is 5.56 Å². The Bertz CT molecular complexity index is 1080. The van der Waals surface area contributed by atoms with Crippen LogP contribution in [0.3, 0.4) is 0 Å². The molecule has 1 N–H and O–H groups in total. The molecule has 0 aliphatic carbocycles. The molecule has 0 saturated heterocycles. The zero-order valence-electron chi connectivity index (χ0n) is 12.5. The summed E-state index contributed by atoms with van der Waals surface area (Å²) in [7, 11) is 0. The van der Waals surface area contributed by atoms with Crippen molar-refractivity contribution in [1.82, 2.24) is 9.55 Å². The molecule has 0 fully saturated rings. The first-order valence-corrected chi connectivity index (χ1v) is 8.12. The smallest absolute Gasteiger partial charge is 0.282 e. The van der Waals surface area contributed by atoms with E-state index in [-0.39, 0.29) is 11.3 Å². The molecule has 0 amide bonds. The molecule has 2 aromatic heterocycles. The van der Waals surface area contributed by atoms with Gasteiger partial charge >= 0.3 is 0 Å². The second-order valence-corrected chi connectivity index (χ2v) is 6.53. The second kappa shape index (κ2) is 5.21. The predicted molar refractivity (Wildman–Crippen MR) is 93.3 cm³/mol. The number of hydrogen-bond acceptors (Lipinski definition) is 4. The van der Waals surface area contributed by atoms with E-state index in [0.29, 0.717) is 17.8 Å². The van der Waals surface area contributed by atoms with E-state index in [1.165, 1.54) is 11.3 Å². The van der Waals surface area contributed by atoms with Gasteiger partial charge < -0.3 is 9.67 Å². The number of benzene rings is 2. The zero-order valence-corrected chi connectivity index (χ0v) is 13.3. The number of thiophene rings is 1. The fraction of sp³-hybridized carbons (Fsp3) is 0.111. The average molecular weight is 322 g/mol. The molecule has 0 aliphatic heterocycles. The molecule has 2 aromatic carbocycles. The van der Waals surface area contributed by atoms with Crippen molar-refractivity contribution in [1.29, 1.82) is 0 Å². The van der Waals surface area contributed by atoms with Crippen LogP contribution in [0.1, 0.15) is 11.4 Å². The molecule has 23 heavy (non-hydrogen) atoms. The predicted octanol–water partition coefficient (Wildman–Crippen LogP) is 3.67. The van der Waals surface area contributed by atoms with Crippen molar-refractivity contribution < 1.29 is 5.11 Å². The Morgan fingerprint density at radius 2 is 1.96 bits per heavy atom. The molecule has 5 heteroatoms. The first kappa shape index (κ1) is 14.0. The number of aromatic hydroxyl groups is 1. The summed E-state index contributed by atoms with van der Waals surface area (Å²) in [6.07, 6.45) is 0. The van der Waals surface area contributed by atoms with Gasteiger partial charge in [0.05, 0.1) is 11.9 Å². The van der Waals surface area contributed by atoms with Gasteiger partial charge in [0.2, 0.25) is 0 Å². The molecular formula is C18H14N2O2S. The van der Waals surface area contributed by atoms with Crippen molar-refractivity contribution in [2.75, 3.05) is 0 Å². The third-order valence-electron chi connectivity index (χ3n) is 3.95. The maximum absolute atomic E-state index is 12.4. The van der Waals surface area contributed by atoms with Crippen LogP contribution in [0.2, 0.25) is 0 Å². The van der Waals surface area contributed by atoms with Gasteiger partial charge in [0.25, 0.3) is 5.56 Å². The van der Waals surface area contributed by atoms with Gasteiger partial charge in [-0.15, -0.1) is 11.3 Å². The van der Waals surface area contributed by atoms with E-state index in [1.54, 1.807) is 18.2 Å². The summed E-state index contributed by atoms with van der Waals surface area (Å²) >= 11 is 1.51. The van der Waals surface area contributed by atoms with Gasteiger partial charge in [-0.3, -0.25) is 4.79 Å². The molecule has 4 aromatic rings. The van der Waals surface area contributed by atoms with Crippen LogP contribution in [0.25, 0.3) is 20.3 Å². The molecule has 0 saturated carbocycles. The summed E-state index contributed by atoms with van der Waals surface area (Å²) < 4.78 is 2.96. The molecule has 4 nitrogen and oxygen atoms in total. The third kappa shape index (κ3) is 2.29. The molecule has 2 heterocycles. The highest BCUT2D eigenvalue weighted by Crippen LogP contribution is 2.34. The largest absolute Gasteiger partial charge is 0.508 e. The molecule has 0 bridgehead atoms. The monoisotopic (exact) mass is 322 g/mol. The summed E-state index contributed by atoms with van der Waals surface area (Å²) in [4.78, 5) is 17.5. The van der Waals surface area contributed by atoms with Crippen LogP contribution in [0.4, 0.5) is 0 Å². The highest BCUT2D eigenvalue weighted by atomic mass is 32.1. The summed E-state index contributed by atoms with van der Waals surface area (Å²) in [5, 5.41) is 11.2. The summed E-state index contributed by atoms with van der Waals surface area (Å²) in [5.74, 6) is 0.901. The van der Waals surface area contributed by atoms with Crippen molar-refractivity contribution in [3.05, 3.63) is 70.3 Å². The fourth-order valence-electron chi connectivity index (χ4n) is 2.83. The van der Waals surface area contributed by atoms with Gasteiger partial charge in [-0.2, -0.15) is 4.98 Å². The number of phenols is 1. The van der Waals surface area contributed by atoms with E-state index in [2.05, 4.69) is 21.7 Å². The van der Waals surface area contributed by atoms with Gasteiger partial charge in [-0.05, 0) is 30.7 Å². The molecular weight excluding hydrogens is 308 g/mol. The fourth-order valence-corrected chi connectivity index (χ4v) is 4.11. The Labute approximate surface area is 136 Å². The number of hydrogen-bond donors (Lipinski definition) is 1. The van der Waals surface area contributed by atoms with Gasteiger partial charge in [-0.1, -0.05) is 30.3 Å². The van der Waals surface area contributed by atoms with Crippen LogP contribution in [-0.2, 0) is 6.54 Å². The van der Waals surface area contributed by atoms with Crippen LogP contribution in [-0.4, -0.2) is 14.7 Å². The van der Waals surface area contributed by atoms with Crippen LogP contribution >= 0.6 is 11.3 Å². The quantitative estimate of drug-likeness (QED) is 0.612. The minimum Gasteiger partial charge on any atom is -0.508 e. The van der Waals surface area contributed by atoms with E-state index in [1.807, 2.05) is 25.1 Å². The molecule has 0 spiro atoms. The van der Waals surface area contributed by atoms with Crippen LogP contribution in [0, 0.1) is 6.92 Å². The summed E-state index contributed by atoms with van der Waals surface area (Å²) in [5.41, 5.74) is 0.946. The highest BCUT2D eigenvalue weighted by Gasteiger charge is 2.15. The van der Waals surface area contributed by atoms with Gasteiger partial charge in [0.15, 0.2) is 0 Å². The Morgan fingerprint density at radius 3 is 2.74 bits per heavy atom. The minimum absolute atomic E-state index is 0.204. The SMILES string of the molecule is Cc1nc(=O)c2c3ccc(O)cc3sc2n1Cc1ccccc1. The van der Waals surface area contributed by atoms with Gasteiger partial charge in [0, 0.05) is 10.1 Å². The van der Waals surface area contributed by atoms with Crippen molar-refractivity contribution in [3.8, 4) is 5.75 Å². The van der Waals surface area contributed by atoms with Crippen molar-refractivity contribution in [2.45, 2.75) is 13.5 Å². The number of aromatic nitrogens is 2. The lowest BCUT2D eigenvalue weighted by molar-refractivity contribution is 0.476. The standard InChI is InChI=1S/C18H14N2O2S/c1-11-19-17(22)16-14-8-7-13(21)9-15(14)23-18(16)20(11)10-12-5-3-2-4-6-12/h2-9,21H,10H2,1H3. The minimum atomic E-state index is -0.209. The Morgan fingerprint density at radius 1 is 1.17 bits per heavy atom. The topological polar surface area (TPSA) is 55.1 Å². The van der Waals surface area contributed by atoms with Crippen molar-refractivity contribution in [3.63, 3.8) is 0 Å². The molecule has 0 radical (unpaired) electrons. The van der Waals surface area contributed by atoms with Crippen molar-refractivity contribution in [2.24, 2.45) is 0 Å². The number of rotatable bonds is 2. The molecule has 4 rings (SSSR count). The number of fused-ring (bicyclic) bond motifs is 3. The maximum Gasteiger partial charge on any atom is 0.282 e. The number of aryl methyl sites for hydroxylation is 1. The van der Waals surface area contributed by atoms with E-state index in [9.17, 15) is 9.90 Å². The third-order valence-corrected chi connectivity index (χ3v) is 5.13. The number of phenolic OH excluding ortho intramolecular Hbond substituents is 1. The van der Waals surface area contributed by atoms with E-state index < -0.39 is 0 Å². The van der Waals surface area contributed by atoms with Crippen LogP contribution in [0.15, 0.2) is 53.3 Å². The van der Waals surface area contributed by atoms with Crippen LogP contribution in [0.5, 0.6) is 5.75 Å². The van der Waals surface area contributed by atoms with E-state index in [4.69, 9.17) is 0 Å². The van der Waals surface area contributed by atoms with Crippen molar-refractivity contribution >= 4 is 31.6 Å². The first-order chi connectivity index (χ1) is 11.1. The van der Waals surface area contributed by atoms with E-state index in [0.717, 1.165) is 20.5 Å². The average Bonchev–Trinajstić information content (AvgIpc) is 2.91. The Kier molecular flexibility index (Phi) is 3.16. The van der Waals surface area contributed by atoms with Gasteiger partial charge in [-0.25, -0.2) is 0 Å².